The summed E-state index contributed by atoms with van der Waals surface area (Å²) < 4.78 is 0. The Kier molecular flexibility index (Phi) is 6.30. The molecule has 0 aromatic carbocycles. The highest BCUT2D eigenvalue weighted by Gasteiger charge is 2.25. The number of nitrogens with one attached hydrogen (secondary N) is 1. The number of carbonyl (C=O) groups is 1. The van der Waals surface area contributed by atoms with Gasteiger partial charge in [-0.3, -0.25) is 9.69 Å². The summed E-state index contributed by atoms with van der Waals surface area (Å²) in [4.78, 5) is 17.0. The normalized spacial score (nSPS) is 24.5. The highest BCUT2D eigenvalue weighted by molar-refractivity contribution is 5.81. The van der Waals surface area contributed by atoms with Gasteiger partial charge in [0.25, 0.3) is 0 Å². The molecule has 0 bridgehead atoms. The standard InChI is InChI=1S/C16H31N3O/c1-3-18-9-11-19(12-10-18)14(2)16(20)17-13-15-7-5-4-6-8-15/h14-15H,3-13H2,1-2H3,(H,17,20). The average Bonchev–Trinajstić information content (AvgIpc) is 2.53. The maximum absolute atomic E-state index is 12.3. The lowest BCUT2D eigenvalue weighted by atomic mass is 9.89. The van der Waals surface area contributed by atoms with E-state index < -0.39 is 0 Å². The molecule has 1 heterocycles. The van der Waals surface area contributed by atoms with Crippen molar-refractivity contribution in [1.82, 2.24) is 15.1 Å². The van der Waals surface area contributed by atoms with Gasteiger partial charge in [0.15, 0.2) is 0 Å². The van der Waals surface area contributed by atoms with Crippen molar-refractivity contribution in [3.8, 4) is 0 Å². The Morgan fingerprint density at radius 2 is 1.80 bits per heavy atom. The summed E-state index contributed by atoms with van der Waals surface area (Å²) in [5, 5.41) is 3.18. The zero-order valence-electron chi connectivity index (χ0n) is 13.2. The molecular weight excluding hydrogens is 250 g/mol. The van der Waals surface area contributed by atoms with Gasteiger partial charge in [0.2, 0.25) is 5.91 Å². The summed E-state index contributed by atoms with van der Waals surface area (Å²) in [5.41, 5.74) is 0. The molecule has 1 unspecified atom stereocenters. The van der Waals surface area contributed by atoms with Gasteiger partial charge >= 0.3 is 0 Å². The first-order valence-corrected chi connectivity index (χ1v) is 8.44. The van der Waals surface area contributed by atoms with E-state index in [1.165, 1.54) is 32.1 Å². The number of rotatable bonds is 5. The molecule has 1 aliphatic heterocycles. The molecule has 116 valence electrons. The fraction of sp³-hybridized carbons (Fsp3) is 0.938. The van der Waals surface area contributed by atoms with Crippen molar-refractivity contribution in [2.75, 3.05) is 39.3 Å². The molecular formula is C16H31N3O. The Labute approximate surface area is 123 Å². The molecule has 1 amide bonds. The number of hydrogen-bond donors (Lipinski definition) is 1. The molecule has 2 rings (SSSR count). The van der Waals surface area contributed by atoms with Crippen LogP contribution in [0.1, 0.15) is 46.0 Å². The van der Waals surface area contributed by atoms with Gasteiger partial charge in [0, 0.05) is 32.7 Å². The molecule has 2 aliphatic rings. The molecule has 1 aliphatic carbocycles. The third-order valence-corrected chi connectivity index (χ3v) is 5.07. The van der Waals surface area contributed by atoms with Crippen molar-refractivity contribution in [2.45, 2.75) is 52.0 Å². The second-order valence-electron chi connectivity index (χ2n) is 6.40. The first kappa shape index (κ1) is 15.8. The Bertz CT molecular complexity index is 294. The lowest BCUT2D eigenvalue weighted by Gasteiger charge is -2.37. The van der Waals surface area contributed by atoms with Crippen molar-refractivity contribution in [3.63, 3.8) is 0 Å². The number of amides is 1. The van der Waals surface area contributed by atoms with Gasteiger partial charge in [0.05, 0.1) is 6.04 Å². The van der Waals surface area contributed by atoms with E-state index in [-0.39, 0.29) is 11.9 Å². The Hall–Kier alpha value is -0.610. The minimum atomic E-state index is 0.0256. The van der Waals surface area contributed by atoms with Crippen molar-refractivity contribution < 1.29 is 4.79 Å². The first-order chi connectivity index (χ1) is 9.70. The smallest absolute Gasteiger partial charge is 0.237 e. The fourth-order valence-electron chi connectivity index (χ4n) is 3.42. The van der Waals surface area contributed by atoms with E-state index in [2.05, 4.69) is 29.0 Å². The van der Waals surface area contributed by atoms with Gasteiger partial charge in [-0.25, -0.2) is 0 Å². The van der Waals surface area contributed by atoms with Crippen molar-refractivity contribution in [1.29, 1.82) is 0 Å². The second-order valence-corrected chi connectivity index (χ2v) is 6.40. The highest BCUT2D eigenvalue weighted by Crippen LogP contribution is 2.22. The minimum absolute atomic E-state index is 0.0256. The van der Waals surface area contributed by atoms with Gasteiger partial charge < -0.3 is 10.2 Å². The van der Waals surface area contributed by atoms with E-state index in [1.54, 1.807) is 0 Å². The molecule has 1 saturated heterocycles. The Morgan fingerprint density at radius 3 is 2.40 bits per heavy atom. The maximum Gasteiger partial charge on any atom is 0.237 e. The number of piperazine rings is 1. The van der Waals surface area contributed by atoms with E-state index in [0.29, 0.717) is 0 Å². The second kappa shape index (κ2) is 7.99. The highest BCUT2D eigenvalue weighted by atomic mass is 16.2. The van der Waals surface area contributed by atoms with Crippen LogP contribution in [0.4, 0.5) is 0 Å². The van der Waals surface area contributed by atoms with Crippen molar-refractivity contribution >= 4 is 5.91 Å². The lowest BCUT2D eigenvalue weighted by molar-refractivity contribution is -0.126. The van der Waals surface area contributed by atoms with Crippen molar-refractivity contribution in [2.24, 2.45) is 5.92 Å². The molecule has 1 saturated carbocycles. The molecule has 0 spiro atoms. The number of likely N-dealkylation sites (N-methyl/N-ethyl adjacent to an activating group) is 1. The van der Waals surface area contributed by atoms with Crippen LogP contribution in [0.15, 0.2) is 0 Å². The topological polar surface area (TPSA) is 35.6 Å². The van der Waals surface area contributed by atoms with Gasteiger partial charge in [-0.05, 0) is 32.2 Å². The van der Waals surface area contributed by atoms with Crippen LogP contribution in [0, 0.1) is 5.92 Å². The van der Waals surface area contributed by atoms with E-state index in [9.17, 15) is 4.79 Å². The molecule has 1 atom stereocenters. The fourth-order valence-corrected chi connectivity index (χ4v) is 3.42. The summed E-state index contributed by atoms with van der Waals surface area (Å²) in [7, 11) is 0. The monoisotopic (exact) mass is 281 g/mol. The van der Waals surface area contributed by atoms with Gasteiger partial charge in [-0.2, -0.15) is 0 Å². The van der Waals surface area contributed by atoms with Crippen LogP contribution in [0.2, 0.25) is 0 Å². The molecule has 20 heavy (non-hydrogen) atoms. The lowest BCUT2D eigenvalue weighted by Crippen LogP contribution is -2.54. The van der Waals surface area contributed by atoms with Crippen LogP contribution in [-0.2, 0) is 4.79 Å². The summed E-state index contributed by atoms with van der Waals surface area (Å²) in [5.74, 6) is 0.942. The number of carbonyl (C=O) groups excluding carboxylic acids is 1. The van der Waals surface area contributed by atoms with Gasteiger partial charge in [0.1, 0.15) is 0 Å². The predicted molar refractivity (Wildman–Crippen MR) is 82.7 cm³/mol. The average molecular weight is 281 g/mol. The minimum Gasteiger partial charge on any atom is -0.354 e. The van der Waals surface area contributed by atoms with Crippen LogP contribution in [0.3, 0.4) is 0 Å². The molecule has 0 aromatic heterocycles. The van der Waals surface area contributed by atoms with Crippen LogP contribution < -0.4 is 5.32 Å². The summed E-state index contributed by atoms with van der Waals surface area (Å²) >= 11 is 0. The first-order valence-electron chi connectivity index (χ1n) is 8.44. The van der Waals surface area contributed by atoms with Crippen LogP contribution in [-0.4, -0.2) is 61.0 Å². The Morgan fingerprint density at radius 1 is 1.15 bits per heavy atom. The molecule has 4 heteroatoms. The predicted octanol–water partition coefficient (Wildman–Crippen LogP) is 1.71. The van der Waals surface area contributed by atoms with Crippen LogP contribution in [0.5, 0.6) is 0 Å². The Balaban J connectivity index is 1.69. The molecule has 1 N–H and O–H groups in total. The maximum atomic E-state index is 12.3. The SMILES string of the molecule is CCN1CCN(C(C)C(=O)NCC2CCCCC2)CC1. The summed E-state index contributed by atoms with van der Waals surface area (Å²) in [6.45, 7) is 10.5. The van der Waals surface area contributed by atoms with Gasteiger partial charge in [-0.1, -0.05) is 26.2 Å². The number of hydrogen-bond acceptors (Lipinski definition) is 3. The molecule has 0 aromatic rings. The third-order valence-electron chi connectivity index (χ3n) is 5.07. The van der Waals surface area contributed by atoms with E-state index in [1.807, 2.05) is 0 Å². The van der Waals surface area contributed by atoms with Crippen LogP contribution >= 0.6 is 0 Å². The number of nitrogens with zero attached hydrogens (tertiary/aromatic N) is 2. The largest absolute Gasteiger partial charge is 0.354 e. The summed E-state index contributed by atoms with van der Waals surface area (Å²) in [6.07, 6.45) is 6.65. The van der Waals surface area contributed by atoms with Crippen molar-refractivity contribution in [3.05, 3.63) is 0 Å². The third kappa shape index (κ3) is 4.45. The zero-order chi connectivity index (χ0) is 14.4. The van der Waals surface area contributed by atoms with Crippen LogP contribution in [0.25, 0.3) is 0 Å². The quantitative estimate of drug-likeness (QED) is 0.833. The molecule has 0 radical (unpaired) electrons. The molecule has 4 nitrogen and oxygen atoms in total. The summed E-state index contributed by atoms with van der Waals surface area (Å²) in [6, 6.07) is 0.0256. The van der Waals surface area contributed by atoms with Gasteiger partial charge in [-0.15, -0.1) is 0 Å². The van der Waals surface area contributed by atoms with E-state index >= 15 is 0 Å². The molecule has 2 fully saturated rings. The van der Waals surface area contributed by atoms with E-state index in [0.717, 1.165) is 45.2 Å². The van der Waals surface area contributed by atoms with E-state index in [4.69, 9.17) is 0 Å². The zero-order valence-corrected chi connectivity index (χ0v) is 13.2.